The quantitative estimate of drug-likeness (QED) is 0.284. The summed E-state index contributed by atoms with van der Waals surface area (Å²) in [5, 5.41) is 9.15. The molecular weight excluding hydrogens is 456 g/mol. The number of carboxylic acids is 1. The van der Waals surface area contributed by atoms with Gasteiger partial charge in [-0.2, -0.15) is 0 Å². The summed E-state index contributed by atoms with van der Waals surface area (Å²) in [6.07, 6.45) is 0.410. The Morgan fingerprint density at radius 2 is 1.72 bits per heavy atom. The highest BCUT2D eigenvalue weighted by atomic mass is 16.5. The fraction of sp³-hybridized carbons (Fsp3) is 0.310. The summed E-state index contributed by atoms with van der Waals surface area (Å²) in [5.74, 6) is 2.43. The minimum absolute atomic E-state index is 0.0307. The Morgan fingerprint density at radius 1 is 0.972 bits per heavy atom. The molecule has 0 spiro atoms. The van der Waals surface area contributed by atoms with Gasteiger partial charge >= 0.3 is 5.97 Å². The van der Waals surface area contributed by atoms with E-state index in [9.17, 15) is 4.79 Å². The van der Waals surface area contributed by atoms with Crippen LogP contribution in [0.3, 0.4) is 0 Å². The van der Waals surface area contributed by atoms with Crippen LogP contribution in [0.4, 0.5) is 0 Å². The SMILES string of the molecule is COc1ccc2nc(COc3ccc(CCC(=O)O)c(OCc4ccc(C(C)C)cc4)c3)n(C)c2c1. The summed E-state index contributed by atoms with van der Waals surface area (Å²) in [6, 6.07) is 19.6. The van der Waals surface area contributed by atoms with Gasteiger partial charge in [0.1, 0.15) is 36.3 Å². The van der Waals surface area contributed by atoms with E-state index in [4.69, 9.17) is 19.3 Å². The third-order valence-corrected chi connectivity index (χ3v) is 6.24. The predicted octanol–water partition coefficient (Wildman–Crippen LogP) is 5.88. The van der Waals surface area contributed by atoms with E-state index < -0.39 is 5.97 Å². The van der Waals surface area contributed by atoms with Crippen LogP contribution in [0, 0.1) is 0 Å². The molecule has 7 nitrogen and oxygen atoms in total. The van der Waals surface area contributed by atoms with Gasteiger partial charge < -0.3 is 23.9 Å². The molecule has 7 heteroatoms. The smallest absolute Gasteiger partial charge is 0.303 e. The minimum atomic E-state index is -0.843. The summed E-state index contributed by atoms with van der Waals surface area (Å²) in [5.41, 5.74) is 4.98. The summed E-state index contributed by atoms with van der Waals surface area (Å²) < 4.78 is 19.5. The highest BCUT2D eigenvalue weighted by molar-refractivity contribution is 5.77. The number of hydrogen-bond donors (Lipinski definition) is 1. The predicted molar refractivity (Wildman–Crippen MR) is 139 cm³/mol. The lowest BCUT2D eigenvalue weighted by Crippen LogP contribution is -2.05. The zero-order valence-electron chi connectivity index (χ0n) is 21.2. The first-order chi connectivity index (χ1) is 17.3. The van der Waals surface area contributed by atoms with Gasteiger partial charge in [-0.25, -0.2) is 4.98 Å². The second-order valence-corrected chi connectivity index (χ2v) is 9.08. The monoisotopic (exact) mass is 488 g/mol. The second kappa shape index (κ2) is 11.2. The number of hydrogen-bond acceptors (Lipinski definition) is 5. The molecule has 0 fully saturated rings. The van der Waals surface area contributed by atoms with Crippen molar-refractivity contribution in [3.05, 3.63) is 83.2 Å². The first kappa shape index (κ1) is 25.1. The van der Waals surface area contributed by atoms with Crippen LogP contribution >= 0.6 is 0 Å². The van der Waals surface area contributed by atoms with Crippen LogP contribution in [0.1, 0.15) is 48.7 Å². The highest BCUT2D eigenvalue weighted by Gasteiger charge is 2.12. The molecule has 4 rings (SSSR count). The van der Waals surface area contributed by atoms with Crippen LogP contribution in [0.2, 0.25) is 0 Å². The van der Waals surface area contributed by atoms with E-state index in [-0.39, 0.29) is 13.0 Å². The van der Waals surface area contributed by atoms with Gasteiger partial charge in [0.2, 0.25) is 0 Å². The first-order valence-corrected chi connectivity index (χ1v) is 12.0. The van der Waals surface area contributed by atoms with Crippen LogP contribution in [0.15, 0.2) is 60.7 Å². The number of methoxy groups -OCH3 is 1. The molecule has 0 unspecified atom stereocenters. The third kappa shape index (κ3) is 5.97. The van der Waals surface area contributed by atoms with Crippen LogP contribution in [0.5, 0.6) is 17.2 Å². The maximum absolute atomic E-state index is 11.1. The van der Waals surface area contributed by atoms with Gasteiger partial charge in [0.15, 0.2) is 0 Å². The molecule has 1 aromatic heterocycles. The number of carboxylic acid groups (broad SMARTS) is 1. The number of nitrogens with zero attached hydrogens (tertiary/aromatic N) is 2. The Kier molecular flexibility index (Phi) is 7.78. The van der Waals surface area contributed by atoms with Crippen molar-refractivity contribution in [1.29, 1.82) is 0 Å². The lowest BCUT2D eigenvalue weighted by atomic mass is 10.0. The van der Waals surface area contributed by atoms with Gasteiger partial charge in [-0.3, -0.25) is 4.79 Å². The Hall–Kier alpha value is -4.00. The summed E-state index contributed by atoms with van der Waals surface area (Å²) in [6.45, 7) is 4.99. The topological polar surface area (TPSA) is 82.8 Å². The Labute approximate surface area is 211 Å². The zero-order valence-corrected chi connectivity index (χ0v) is 21.2. The molecule has 0 saturated carbocycles. The average molecular weight is 489 g/mol. The van der Waals surface area contributed by atoms with Gasteiger partial charge in [0.25, 0.3) is 0 Å². The minimum Gasteiger partial charge on any atom is -0.497 e. The van der Waals surface area contributed by atoms with E-state index in [1.54, 1.807) is 7.11 Å². The molecule has 0 aliphatic rings. The van der Waals surface area contributed by atoms with E-state index in [1.165, 1.54) is 5.56 Å². The number of aryl methyl sites for hydroxylation is 2. The first-order valence-electron chi connectivity index (χ1n) is 12.0. The third-order valence-electron chi connectivity index (χ3n) is 6.24. The molecule has 3 aromatic carbocycles. The molecule has 188 valence electrons. The molecule has 36 heavy (non-hydrogen) atoms. The largest absolute Gasteiger partial charge is 0.497 e. The van der Waals surface area contributed by atoms with Crippen molar-refractivity contribution in [2.24, 2.45) is 7.05 Å². The molecule has 4 aromatic rings. The van der Waals surface area contributed by atoms with Crippen molar-refractivity contribution in [2.75, 3.05) is 7.11 Å². The number of ether oxygens (including phenoxy) is 3. The van der Waals surface area contributed by atoms with Crippen molar-refractivity contribution in [3.8, 4) is 17.2 Å². The van der Waals surface area contributed by atoms with E-state index in [1.807, 2.05) is 48.0 Å². The van der Waals surface area contributed by atoms with Crippen molar-refractivity contribution in [2.45, 2.75) is 45.8 Å². The number of aromatic nitrogens is 2. The Bertz CT molecular complexity index is 1340. The summed E-state index contributed by atoms with van der Waals surface area (Å²) in [4.78, 5) is 15.8. The normalized spacial score (nSPS) is 11.1. The summed E-state index contributed by atoms with van der Waals surface area (Å²) in [7, 11) is 3.59. The van der Waals surface area contributed by atoms with Crippen molar-refractivity contribution in [3.63, 3.8) is 0 Å². The molecule has 0 aliphatic heterocycles. The van der Waals surface area contributed by atoms with Gasteiger partial charge in [0, 0.05) is 25.6 Å². The fourth-order valence-electron chi connectivity index (χ4n) is 3.99. The molecule has 1 heterocycles. The zero-order chi connectivity index (χ0) is 25.7. The highest BCUT2D eigenvalue weighted by Crippen LogP contribution is 2.28. The standard InChI is InChI=1S/C29H32N2O5/c1-19(2)21-7-5-20(6-8-21)17-36-27-16-24(11-9-22(27)10-14-29(32)33)35-18-28-30-25-13-12-23(34-4)15-26(25)31(28)3/h5-9,11-13,15-16,19H,10,14,17-18H2,1-4H3,(H,32,33). The van der Waals surface area contributed by atoms with E-state index in [0.29, 0.717) is 30.4 Å². The molecule has 0 amide bonds. The fourth-order valence-corrected chi connectivity index (χ4v) is 3.99. The lowest BCUT2D eigenvalue weighted by molar-refractivity contribution is -0.136. The van der Waals surface area contributed by atoms with Crippen LogP contribution in [-0.2, 0) is 31.5 Å². The van der Waals surface area contributed by atoms with E-state index >= 15 is 0 Å². The van der Waals surface area contributed by atoms with Crippen molar-refractivity contribution >= 4 is 17.0 Å². The Morgan fingerprint density at radius 3 is 2.42 bits per heavy atom. The molecule has 0 saturated heterocycles. The van der Waals surface area contributed by atoms with Crippen LogP contribution < -0.4 is 14.2 Å². The average Bonchev–Trinajstić information content (AvgIpc) is 3.20. The number of fused-ring (bicyclic) bond motifs is 1. The van der Waals surface area contributed by atoms with Gasteiger partial charge in [-0.15, -0.1) is 0 Å². The number of imidazole rings is 1. The number of aliphatic carboxylic acids is 1. The van der Waals surface area contributed by atoms with E-state index in [2.05, 4.69) is 43.1 Å². The van der Waals surface area contributed by atoms with Gasteiger partial charge in [-0.1, -0.05) is 44.2 Å². The van der Waals surface area contributed by atoms with Crippen molar-refractivity contribution < 1.29 is 24.1 Å². The Balaban J connectivity index is 1.50. The van der Waals surface area contributed by atoms with Gasteiger partial charge in [0.05, 0.1) is 18.1 Å². The lowest BCUT2D eigenvalue weighted by Gasteiger charge is -2.14. The molecule has 1 N–H and O–H groups in total. The van der Waals surface area contributed by atoms with Crippen molar-refractivity contribution in [1.82, 2.24) is 9.55 Å². The number of carbonyl (C=O) groups is 1. The maximum atomic E-state index is 11.1. The number of benzene rings is 3. The van der Waals surface area contributed by atoms with Gasteiger partial charge in [-0.05, 0) is 47.2 Å². The molecule has 0 bridgehead atoms. The van der Waals surface area contributed by atoms with Crippen LogP contribution in [-0.4, -0.2) is 27.7 Å². The molecular formula is C29H32N2O5. The summed E-state index contributed by atoms with van der Waals surface area (Å²) >= 11 is 0. The molecule has 0 aliphatic carbocycles. The molecule has 0 radical (unpaired) electrons. The van der Waals surface area contributed by atoms with E-state index in [0.717, 1.165) is 33.7 Å². The second-order valence-electron chi connectivity index (χ2n) is 9.08. The molecule has 0 atom stereocenters. The number of rotatable bonds is 11. The maximum Gasteiger partial charge on any atom is 0.303 e. The van der Waals surface area contributed by atoms with Crippen LogP contribution in [0.25, 0.3) is 11.0 Å².